The molecule has 3 aliphatic rings. The lowest BCUT2D eigenvalue weighted by Gasteiger charge is -2.34. The van der Waals surface area contributed by atoms with Gasteiger partial charge in [-0.25, -0.2) is 9.97 Å². The monoisotopic (exact) mass is 267 g/mol. The van der Waals surface area contributed by atoms with Gasteiger partial charge in [0.25, 0.3) is 0 Å². The first-order valence-corrected chi connectivity index (χ1v) is 7.25. The van der Waals surface area contributed by atoms with E-state index in [1.54, 1.807) is 6.33 Å². The van der Waals surface area contributed by atoms with E-state index in [2.05, 4.69) is 49.4 Å². The Morgan fingerprint density at radius 3 is 2.60 bits per heavy atom. The molecule has 102 valence electrons. The van der Waals surface area contributed by atoms with E-state index in [-0.39, 0.29) is 0 Å². The molecule has 5 heteroatoms. The highest BCUT2D eigenvalue weighted by Gasteiger charge is 2.26. The first-order chi connectivity index (χ1) is 9.90. The summed E-state index contributed by atoms with van der Waals surface area (Å²) in [5.41, 5.74) is 2.18. The molecule has 2 aliphatic heterocycles. The molecule has 1 saturated carbocycles. The summed E-state index contributed by atoms with van der Waals surface area (Å²) in [6, 6.07) is 8.91. The first-order valence-electron chi connectivity index (χ1n) is 7.25. The van der Waals surface area contributed by atoms with Gasteiger partial charge in [-0.05, 0) is 37.1 Å². The standard InChI is InChI=1S/C15H17N5/c1-2-4-12(5-3-1)20-13-8-6-11(7-9-13)18-14-16-10-17-15(20)19-14/h6-10,12H,1-5H2,(H,16,17,18,19). The maximum Gasteiger partial charge on any atom is 0.234 e. The van der Waals surface area contributed by atoms with Crippen molar-refractivity contribution in [1.29, 1.82) is 0 Å². The highest BCUT2D eigenvalue weighted by Crippen LogP contribution is 2.34. The Morgan fingerprint density at radius 2 is 1.80 bits per heavy atom. The number of hydrogen-bond donors (Lipinski definition) is 1. The number of fused-ring (bicyclic) bond motifs is 2. The third-order valence-corrected chi connectivity index (χ3v) is 4.12. The summed E-state index contributed by atoms with van der Waals surface area (Å²) in [6.07, 6.45) is 7.91. The highest BCUT2D eigenvalue weighted by atomic mass is 15.3. The molecule has 0 atom stereocenters. The van der Waals surface area contributed by atoms with Crippen molar-refractivity contribution >= 4 is 23.3 Å². The second kappa shape index (κ2) is 4.74. The van der Waals surface area contributed by atoms with E-state index in [1.165, 1.54) is 37.8 Å². The smallest absolute Gasteiger partial charge is 0.234 e. The van der Waals surface area contributed by atoms with Crippen LogP contribution in [0.25, 0.3) is 0 Å². The van der Waals surface area contributed by atoms with Gasteiger partial charge in [0.2, 0.25) is 11.9 Å². The molecule has 1 aliphatic carbocycles. The van der Waals surface area contributed by atoms with Crippen LogP contribution in [0.3, 0.4) is 0 Å². The van der Waals surface area contributed by atoms with E-state index in [0.717, 1.165) is 11.6 Å². The fraction of sp³-hybridized carbons (Fsp3) is 0.400. The zero-order valence-electron chi connectivity index (χ0n) is 11.3. The van der Waals surface area contributed by atoms with Gasteiger partial charge >= 0.3 is 0 Å². The van der Waals surface area contributed by atoms with Crippen LogP contribution < -0.4 is 10.2 Å². The number of rotatable bonds is 1. The van der Waals surface area contributed by atoms with Crippen LogP contribution >= 0.6 is 0 Å². The molecule has 0 radical (unpaired) electrons. The minimum atomic E-state index is 0.489. The number of anilines is 4. The summed E-state index contributed by atoms with van der Waals surface area (Å²) in [4.78, 5) is 15.4. The topological polar surface area (TPSA) is 53.9 Å². The van der Waals surface area contributed by atoms with Gasteiger partial charge < -0.3 is 10.2 Å². The van der Waals surface area contributed by atoms with E-state index >= 15 is 0 Å². The van der Waals surface area contributed by atoms with Crippen LogP contribution in [0.1, 0.15) is 32.1 Å². The second-order valence-electron chi connectivity index (χ2n) is 5.44. The summed E-state index contributed by atoms with van der Waals surface area (Å²) in [6.45, 7) is 0. The van der Waals surface area contributed by atoms with Crippen molar-refractivity contribution < 1.29 is 0 Å². The third-order valence-electron chi connectivity index (χ3n) is 4.12. The molecule has 2 aromatic rings. The summed E-state index contributed by atoms with van der Waals surface area (Å²) in [5.74, 6) is 1.37. The summed E-state index contributed by atoms with van der Waals surface area (Å²) in [7, 11) is 0. The Balaban J connectivity index is 1.83. The van der Waals surface area contributed by atoms with Crippen molar-refractivity contribution in [2.24, 2.45) is 0 Å². The lowest BCUT2D eigenvalue weighted by atomic mass is 9.94. The van der Waals surface area contributed by atoms with Crippen LogP contribution in [-0.4, -0.2) is 21.0 Å². The number of benzene rings is 1. The zero-order valence-corrected chi connectivity index (χ0v) is 11.3. The Hall–Kier alpha value is -2.17. The summed E-state index contributed by atoms with van der Waals surface area (Å²) in [5, 5.41) is 3.21. The van der Waals surface area contributed by atoms with Crippen LogP contribution in [0.2, 0.25) is 0 Å². The highest BCUT2D eigenvalue weighted by molar-refractivity contribution is 5.66. The number of nitrogens with zero attached hydrogens (tertiary/aromatic N) is 4. The van der Waals surface area contributed by atoms with Gasteiger partial charge in [-0.2, -0.15) is 4.98 Å². The fourth-order valence-corrected chi connectivity index (χ4v) is 3.13. The van der Waals surface area contributed by atoms with Crippen LogP contribution in [-0.2, 0) is 0 Å². The molecule has 0 saturated heterocycles. The van der Waals surface area contributed by atoms with E-state index < -0.39 is 0 Å². The van der Waals surface area contributed by atoms with E-state index in [0.29, 0.717) is 12.0 Å². The van der Waals surface area contributed by atoms with Gasteiger partial charge in [-0.15, -0.1) is 0 Å². The molecule has 1 fully saturated rings. The average Bonchev–Trinajstić information content (AvgIpc) is 2.58. The molecule has 1 aromatic carbocycles. The second-order valence-corrected chi connectivity index (χ2v) is 5.44. The normalized spacial score (nSPS) is 18.1. The molecule has 0 amide bonds. The molecule has 1 aromatic heterocycles. The lowest BCUT2D eigenvalue weighted by molar-refractivity contribution is 0.433. The van der Waals surface area contributed by atoms with Crippen molar-refractivity contribution in [3.05, 3.63) is 30.6 Å². The SMILES string of the molecule is c1nc2nc(n1)N(C1CCCCC1)c1ccc(cc1)N2. The predicted octanol–water partition coefficient (Wildman–Crippen LogP) is 3.40. The summed E-state index contributed by atoms with van der Waals surface area (Å²) < 4.78 is 0. The minimum absolute atomic E-state index is 0.489. The largest absolute Gasteiger partial charge is 0.324 e. The molecule has 20 heavy (non-hydrogen) atoms. The molecular formula is C15H17N5. The molecule has 5 rings (SSSR count). The predicted molar refractivity (Wildman–Crippen MR) is 78.6 cm³/mol. The van der Waals surface area contributed by atoms with Crippen LogP contribution in [0, 0.1) is 0 Å². The van der Waals surface area contributed by atoms with Gasteiger partial charge in [0.05, 0.1) is 0 Å². The van der Waals surface area contributed by atoms with Gasteiger partial charge in [0.1, 0.15) is 6.33 Å². The molecule has 3 heterocycles. The summed E-state index contributed by atoms with van der Waals surface area (Å²) >= 11 is 0. The Labute approximate surface area is 118 Å². The third kappa shape index (κ3) is 1.99. The average molecular weight is 267 g/mol. The maximum absolute atomic E-state index is 4.56. The zero-order chi connectivity index (χ0) is 13.4. The Morgan fingerprint density at radius 1 is 1.00 bits per heavy atom. The molecule has 1 N–H and O–H groups in total. The van der Waals surface area contributed by atoms with E-state index in [4.69, 9.17) is 0 Å². The molecule has 0 unspecified atom stereocenters. The van der Waals surface area contributed by atoms with Crippen molar-refractivity contribution in [2.75, 3.05) is 10.2 Å². The maximum atomic E-state index is 4.56. The number of hydrogen-bond acceptors (Lipinski definition) is 5. The van der Waals surface area contributed by atoms with Gasteiger partial charge in [0.15, 0.2) is 0 Å². The first kappa shape index (κ1) is 11.6. The molecule has 0 spiro atoms. The fourth-order valence-electron chi connectivity index (χ4n) is 3.13. The minimum Gasteiger partial charge on any atom is -0.324 e. The lowest BCUT2D eigenvalue weighted by Crippen LogP contribution is -2.34. The molecular weight excluding hydrogens is 250 g/mol. The van der Waals surface area contributed by atoms with Crippen LogP contribution in [0.5, 0.6) is 0 Å². The molecule has 5 nitrogen and oxygen atoms in total. The van der Waals surface area contributed by atoms with Gasteiger partial charge in [0, 0.05) is 17.4 Å². The quantitative estimate of drug-likeness (QED) is 0.858. The van der Waals surface area contributed by atoms with E-state index in [1.807, 2.05) is 0 Å². The van der Waals surface area contributed by atoms with Crippen molar-refractivity contribution in [1.82, 2.24) is 15.0 Å². The number of nitrogens with one attached hydrogen (secondary N) is 1. The number of aromatic nitrogens is 3. The van der Waals surface area contributed by atoms with Gasteiger partial charge in [-0.3, -0.25) is 0 Å². The van der Waals surface area contributed by atoms with Crippen molar-refractivity contribution in [2.45, 2.75) is 38.1 Å². The Kier molecular flexibility index (Phi) is 2.76. The molecule has 4 bridgehead atoms. The van der Waals surface area contributed by atoms with E-state index in [9.17, 15) is 0 Å². The van der Waals surface area contributed by atoms with Crippen molar-refractivity contribution in [3.8, 4) is 0 Å². The van der Waals surface area contributed by atoms with Gasteiger partial charge in [-0.1, -0.05) is 19.3 Å². The van der Waals surface area contributed by atoms with Crippen LogP contribution in [0.4, 0.5) is 23.3 Å². The Bertz CT molecular complexity index is 604. The van der Waals surface area contributed by atoms with Crippen molar-refractivity contribution in [3.63, 3.8) is 0 Å². The van der Waals surface area contributed by atoms with Crippen LogP contribution in [0.15, 0.2) is 30.6 Å².